The lowest BCUT2D eigenvalue weighted by Crippen LogP contribution is -2.16. The Hall–Kier alpha value is -2.44. The van der Waals surface area contributed by atoms with Crippen LogP contribution in [-0.2, 0) is 24.0 Å². The number of anilines is 1. The van der Waals surface area contributed by atoms with Gasteiger partial charge >= 0.3 is 5.97 Å². The molecule has 0 fully saturated rings. The van der Waals surface area contributed by atoms with Crippen molar-refractivity contribution in [3.05, 3.63) is 73.8 Å². The molecule has 0 saturated heterocycles. The van der Waals surface area contributed by atoms with E-state index in [-0.39, 0.29) is 11.9 Å². The summed E-state index contributed by atoms with van der Waals surface area (Å²) in [4.78, 5) is 27.6. The van der Waals surface area contributed by atoms with Crippen molar-refractivity contribution in [3.63, 3.8) is 0 Å². The summed E-state index contributed by atoms with van der Waals surface area (Å²) < 4.78 is 5.04. The number of carbonyl (C=O) groups is 2. The minimum absolute atomic E-state index is 0.177. The average Bonchev–Trinajstić information content (AvgIpc) is 3.37. The number of benzene rings is 1. The van der Waals surface area contributed by atoms with Gasteiger partial charge in [0, 0.05) is 15.1 Å². The van der Waals surface area contributed by atoms with Crippen LogP contribution in [0.5, 0.6) is 0 Å². The van der Waals surface area contributed by atoms with Crippen molar-refractivity contribution < 1.29 is 14.3 Å². The van der Waals surface area contributed by atoms with Crippen LogP contribution in [0, 0.1) is 0 Å². The first kappa shape index (κ1) is 19.9. The number of hydrogen-bond acceptors (Lipinski definition) is 5. The quantitative estimate of drug-likeness (QED) is 0.535. The number of aryl methyl sites for hydroxylation is 1. The Morgan fingerprint density at radius 1 is 1.24 bits per heavy atom. The first-order chi connectivity index (χ1) is 14.1. The van der Waals surface area contributed by atoms with Gasteiger partial charge in [-0.05, 0) is 48.8 Å². The van der Waals surface area contributed by atoms with Gasteiger partial charge < -0.3 is 10.1 Å². The largest absolute Gasteiger partial charge is 0.465 e. The Morgan fingerprint density at radius 2 is 2.03 bits per heavy atom. The third kappa shape index (κ3) is 4.00. The maximum atomic E-state index is 12.8. The maximum Gasteiger partial charge on any atom is 0.341 e. The summed E-state index contributed by atoms with van der Waals surface area (Å²) >= 11 is 3.09. The van der Waals surface area contributed by atoms with Gasteiger partial charge in [-0.3, -0.25) is 4.79 Å². The highest BCUT2D eigenvalue weighted by Gasteiger charge is 2.30. The van der Waals surface area contributed by atoms with E-state index in [2.05, 4.69) is 36.5 Å². The summed E-state index contributed by atoms with van der Waals surface area (Å²) in [6.45, 7) is 2.07. The molecule has 1 aliphatic carbocycles. The normalized spacial score (nSPS) is 15.6. The SMILES string of the molecule is CCc1cc(C(=O)Nc2sc3c(c2C(=O)OC)CCC(c2ccccc2)C3)cs1. The van der Waals surface area contributed by atoms with Gasteiger partial charge in [0.1, 0.15) is 5.00 Å². The first-order valence-corrected chi connectivity index (χ1v) is 11.5. The third-order valence-corrected chi connectivity index (χ3v) is 7.67. The molecule has 1 aromatic carbocycles. The van der Waals surface area contributed by atoms with Crippen molar-refractivity contribution in [1.29, 1.82) is 0 Å². The minimum atomic E-state index is -0.379. The molecule has 1 atom stereocenters. The van der Waals surface area contributed by atoms with E-state index in [0.717, 1.165) is 31.2 Å². The van der Waals surface area contributed by atoms with E-state index in [1.807, 2.05) is 17.5 Å². The van der Waals surface area contributed by atoms with Gasteiger partial charge in [0.05, 0.1) is 18.2 Å². The second kappa shape index (κ2) is 8.51. The highest BCUT2D eigenvalue weighted by Crippen LogP contribution is 2.43. The molecule has 2 aromatic heterocycles. The van der Waals surface area contributed by atoms with Crippen molar-refractivity contribution in [2.24, 2.45) is 0 Å². The van der Waals surface area contributed by atoms with E-state index < -0.39 is 0 Å². The van der Waals surface area contributed by atoms with E-state index in [4.69, 9.17) is 4.74 Å². The topological polar surface area (TPSA) is 55.4 Å². The summed E-state index contributed by atoms with van der Waals surface area (Å²) in [7, 11) is 1.39. The Labute approximate surface area is 178 Å². The molecule has 29 heavy (non-hydrogen) atoms. The molecular formula is C23H23NO3S2. The summed E-state index contributed by atoms with van der Waals surface area (Å²) in [6, 6.07) is 12.4. The van der Waals surface area contributed by atoms with Crippen LogP contribution in [0.3, 0.4) is 0 Å². The number of ether oxygens (including phenoxy) is 1. The molecule has 4 rings (SSSR count). The molecule has 2 heterocycles. The predicted molar refractivity (Wildman–Crippen MR) is 119 cm³/mol. The Kier molecular flexibility index (Phi) is 5.83. The van der Waals surface area contributed by atoms with Crippen molar-refractivity contribution in [1.82, 2.24) is 0 Å². The molecule has 3 aromatic rings. The van der Waals surface area contributed by atoms with Crippen LogP contribution in [0.25, 0.3) is 0 Å². The zero-order chi connectivity index (χ0) is 20.4. The second-order valence-electron chi connectivity index (χ2n) is 7.16. The molecule has 1 aliphatic rings. The third-order valence-electron chi connectivity index (χ3n) is 5.42. The number of thiophene rings is 2. The van der Waals surface area contributed by atoms with Crippen LogP contribution in [0.2, 0.25) is 0 Å². The fraction of sp³-hybridized carbons (Fsp3) is 0.304. The monoisotopic (exact) mass is 425 g/mol. The first-order valence-electron chi connectivity index (χ1n) is 9.77. The zero-order valence-electron chi connectivity index (χ0n) is 16.5. The second-order valence-corrected chi connectivity index (χ2v) is 9.26. The average molecular weight is 426 g/mol. The standard InChI is InChI=1S/C23H23NO3S2/c1-3-17-11-16(13-28-17)21(25)24-22-20(23(26)27-2)18-10-9-15(12-19(18)29-22)14-7-5-4-6-8-14/h4-8,11,13,15H,3,9-10,12H2,1-2H3,(H,24,25). The Bertz CT molecular complexity index is 1040. The number of methoxy groups -OCH3 is 1. The molecule has 1 N–H and O–H groups in total. The van der Waals surface area contributed by atoms with Crippen LogP contribution in [0.1, 0.15) is 60.9 Å². The van der Waals surface area contributed by atoms with Gasteiger partial charge in [-0.2, -0.15) is 0 Å². The number of amides is 1. The molecule has 0 saturated carbocycles. The fourth-order valence-electron chi connectivity index (χ4n) is 3.86. The predicted octanol–water partition coefficient (Wildman–Crippen LogP) is 5.68. The van der Waals surface area contributed by atoms with Crippen molar-refractivity contribution >= 4 is 39.6 Å². The Morgan fingerprint density at radius 3 is 2.72 bits per heavy atom. The van der Waals surface area contributed by atoms with Gasteiger partial charge in [-0.15, -0.1) is 22.7 Å². The van der Waals surface area contributed by atoms with E-state index in [0.29, 0.717) is 22.0 Å². The molecule has 1 unspecified atom stereocenters. The fourth-order valence-corrected chi connectivity index (χ4v) is 5.99. The lowest BCUT2D eigenvalue weighted by molar-refractivity contribution is 0.0601. The highest BCUT2D eigenvalue weighted by molar-refractivity contribution is 7.17. The number of fused-ring (bicyclic) bond motifs is 1. The van der Waals surface area contributed by atoms with Gasteiger partial charge in [0.15, 0.2) is 0 Å². The molecule has 4 nitrogen and oxygen atoms in total. The number of hydrogen-bond donors (Lipinski definition) is 1. The number of esters is 1. The summed E-state index contributed by atoms with van der Waals surface area (Å²) in [5.74, 6) is -0.125. The molecular weight excluding hydrogens is 402 g/mol. The van der Waals surface area contributed by atoms with Crippen molar-refractivity contribution in [3.8, 4) is 0 Å². The smallest absolute Gasteiger partial charge is 0.341 e. The van der Waals surface area contributed by atoms with E-state index >= 15 is 0 Å². The summed E-state index contributed by atoms with van der Waals surface area (Å²) in [6.07, 6.45) is 3.57. The van der Waals surface area contributed by atoms with E-state index in [9.17, 15) is 9.59 Å². The lowest BCUT2D eigenvalue weighted by atomic mass is 9.83. The minimum Gasteiger partial charge on any atom is -0.465 e. The molecule has 6 heteroatoms. The molecule has 0 aliphatic heterocycles. The molecule has 0 radical (unpaired) electrons. The zero-order valence-corrected chi connectivity index (χ0v) is 18.1. The van der Waals surface area contributed by atoms with Gasteiger partial charge in [-0.1, -0.05) is 37.3 Å². The van der Waals surface area contributed by atoms with Gasteiger partial charge in [0.2, 0.25) is 0 Å². The molecule has 0 spiro atoms. The van der Waals surface area contributed by atoms with Crippen LogP contribution in [0.15, 0.2) is 41.8 Å². The number of nitrogens with one attached hydrogen (secondary N) is 1. The number of rotatable bonds is 5. The maximum absolute atomic E-state index is 12.8. The molecule has 0 bridgehead atoms. The van der Waals surface area contributed by atoms with Crippen molar-refractivity contribution in [2.75, 3.05) is 12.4 Å². The van der Waals surface area contributed by atoms with Gasteiger partial charge in [0.25, 0.3) is 5.91 Å². The van der Waals surface area contributed by atoms with Gasteiger partial charge in [-0.25, -0.2) is 4.79 Å². The van der Waals surface area contributed by atoms with Crippen molar-refractivity contribution in [2.45, 2.75) is 38.5 Å². The lowest BCUT2D eigenvalue weighted by Gasteiger charge is -2.22. The van der Waals surface area contributed by atoms with E-state index in [1.54, 1.807) is 11.3 Å². The van der Waals surface area contributed by atoms with Crippen LogP contribution in [-0.4, -0.2) is 19.0 Å². The molecule has 150 valence electrons. The molecule has 1 amide bonds. The Balaban J connectivity index is 1.63. The van der Waals surface area contributed by atoms with Crippen LogP contribution >= 0.6 is 22.7 Å². The summed E-state index contributed by atoms with van der Waals surface area (Å²) in [5.41, 5.74) is 3.51. The summed E-state index contributed by atoms with van der Waals surface area (Å²) in [5, 5.41) is 5.44. The van der Waals surface area contributed by atoms with Crippen LogP contribution < -0.4 is 5.32 Å². The number of carbonyl (C=O) groups excluding carboxylic acids is 2. The van der Waals surface area contributed by atoms with Crippen LogP contribution in [0.4, 0.5) is 5.00 Å². The highest BCUT2D eigenvalue weighted by atomic mass is 32.1. The van der Waals surface area contributed by atoms with E-state index in [1.165, 1.54) is 33.8 Å².